The zero-order valence-corrected chi connectivity index (χ0v) is 16.8. The average Bonchev–Trinajstić information content (AvgIpc) is 3.03. The van der Waals surface area contributed by atoms with Gasteiger partial charge in [-0.15, -0.1) is 6.42 Å². The first kappa shape index (κ1) is 22.9. The second-order valence-corrected chi connectivity index (χ2v) is 7.52. The molecule has 0 bridgehead atoms. The Morgan fingerprint density at radius 1 is 1.45 bits per heavy atom. The number of pyridine rings is 1. The highest BCUT2D eigenvalue weighted by Gasteiger charge is 2.26. The molecule has 6 nitrogen and oxygen atoms in total. The van der Waals surface area contributed by atoms with Crippen LogP contribution in [0.4, 0.5) is 18.9 Å². The van der Waals surface area contributed by atoms with Crippen molar-refractivity contribution in [3.05, 3.63) is 41.1 Å². The second-order valence-electron chi connectivity index (χ2n) is 5.94. The molecule has 29 heavy (non-hydrogen) atoms. The van der Waals surface area contributed by atoms with Crippen LogP contribution in [0.2, 0.25) is 5.15 Å². The molecule has 0 fully saturated rings. The van der Waals surface area contributed by atoms with E-state index in [0.717, 1.165) is 0 Å². The minimum absolute atomic E-state index is 0.00577. The molecule has 0 spiro atoms. The predicted octanol–water partition coefficient (Wildman–Crippen LogP) is 3.59. The van der Waals surface area contributed by atoms with Crippen LogP contribution in [-0.2, 0) is 4.79 Å². The largest absolute Gasteiger partial charge is 0.619 e. The summed E-state index contributed by atoms with van der Waals surface area (Å²) in [4.78, 5) is 13.9. The van der Waals surface area contributed by atoms with E-state index < -0.39 is 12.6 Å². The Hall–Kier alpha value is -2.38. The molecule has 0 atom stereocenters. The van der Waals surface area contributed by atoms with E-state index in [1.807, 2.05) is 0 Å². The summed E-state index contributed by atoms with van der Waals surface area (Å²) in [6.07, 6.45) is 4.54. The van der Waals surface area contributed by atoms with Crippen molar-refractivity contribution in [1.29, 1.82) is 0 Å². The number of hydrogen-bond acceptors (Lipinski definition) is 4. The summed E-state index contributed by atoms with van der Waals surface area (Å²) in [5, 5.41) is 15.6. The van der Waals surface area contributed by atoms with Gasteiger partial charge in [0, 0.05) is 24.7 Å². The average molecular weight is 447 g/mol. The number of carbonyl (C=O) groups is 1. The third kappa shape index (κ3) is 7.18. The molecule has 0 saturated heterocycles. The van der Waals surface area contributed by atoms with E-state index in [0.29, 0.717) is 21.9 Å². The molecule has 0 aliphatic rings. The number of thioether (sulfide) groups is 1. The highest BCUT2D eigenvalue weighted by atomic mass is 35.5. The van der Waals surface area contributed by atoms with E-state index in [-0.39, 0.29) is 36.1 Å². The minimum Gasteiger partial charge on any atom is -0.619 e. The van der Waals surface area contributed by atoms with Crippen molar-refractivity contribution in [3.8, 4) is 18.0 Å². The van der Waals surface area contributed by atoms with E-state index in [9.17, 15) is 23.2 Å². The molecular formula is C18H18ClF3N4O2S. The lowest BCUT2D eigenvalue weighted by atomic mass is 10.3. The summed E-state index contributed by atoms with van der Waals surface area (Å²) < 4.78 is 38.3. The number of anilines is 1. The van der Waals surface area contributed by atoms with E-state index in [1.54, 1.807) is 6.07 Å². The molecule has 0 aliphatic carbocycles. The number of amides is 1. The van der Waals surface area contributed by atoms with Gasteiger partial charge in [0.15, 0.2) is 11.3 Å². The van der Waals surface area contributed by atoms with Crippen LogP contribution in [0.25, 0.3) is 5.69 Å². The minimum atomic E-state index is -4.17. The fourth-order valence-electron chi connectivity index (χ4n) is 2.41. The zero-order chi connectivity index (χ0) is 21.4. The zero-order valence-electron chi connectivity index (χ0n) is 15.2. The van der Waals surface area contributed by atoms with Crippen molar-refractivity contribution in [2.24, 2.45) is 0 Å². The maximum Gasteiger partial charge on any atom is 0.389 e. The molecule has 156 valence electrons. The molecular weight excluding hydrogens is 429 g/mol. The van der Waals surface area contributed by atoms with Crippen LogP contribution in [0, 0.1) is 17.6 Å². The van der Waals surface area contributed by atoms with Crippen LogP contribution in [0.3, 0.4) is 0 Å². The molecule has 0 radical (unpaired) electrons. The maximum atomic E-state index is 12.6. The quantitative estimate of drug-likeness (QED) is 0.255. The van der Waals surface area contributed by atoms with Crippen LogP contribution in [0.1, 0.15) is 19.3 Å². The molecule has 1 amide bonds. The highest BCUT2D eigenvalue weighted by molar-refractivity contribution is 7.99. The summed E-state index contributed by atoms with van der Waals surface area (Å²) in [6, 6.07) is 3.18. The predicted molar refractivity (Wildman–Crippen MR) is 106 cm³/mol. The standard InChI is InChI=1S/C18H18ClF3N4O2S/c1-2-8-25(16(27)6-11-29-10-4-7-18(20,21)22)15-13-26(23-17(15)19)14-5-3-9-24(28)12-14/h1,3,5,9,12-13H,4,6-8,10-11H2. The Morgan fingerprint density at radius 3 is 2.86 bits per heavy atom. The van der Waals surface area contributed by atoms with Gasteiger partial charge in [-0.05, 0) is 18.2 Å². The summed E-state index contributed by atoms with van der Waals surface area (Å²) in [5.41, 5.74) is 0.738. The molecule has 0 aliphatic heterocycles. The number of aromatic nitrogens is 3. The van der Waals surface area contributed by atoms with E-state index >= 15 is 0 Å². The second kappa shape index (κ2) is 10.4. The Bertz CT molecular complexity index is 883. The highest BCUT2D eigenvalue weighted by Crippen LogP contribution is 2.27. The molecule has 0 N–H and O–H groups in total. The van der Waals surface area contributed by atoms with Gasteiger partial charge in [0.25, 0.3) is 0 Å². The molecule has 11 heteroatoms. The number of halogens is 4. The summed E-state index contributed by atoms with van der Waals surface area (Å²) in [7, 11) is 0. The van der Waals surface area contributed by atoms with Crippen molar-refractivity contribution in [2.45, 2.75) is 25.4 Å². The lowest BCUT2D eigenvalue weighted by molar-refractivity contribution is -0.605. The monoisotopic (exact) mass is 446 g/mol. The first-order valence-electron chi connectivity index (χ1n) is 8.54. The number of alkyl halides is 3. The molecule has 2 aromatic heterocycles. The fraction of sp³-hybridized carbons (Fsp3) is 0.389. The van der Waals surface area contributed by atoms with Crippen molar-refractivity contribution >= 4 is 35.0 Å². The third-order valence-electron chi connectivity index (χ3n) is 3.73. The normalized spacial score (nSPS) is 11.3. The first-order chi connectivity index (χ1) is 13.7. The van der Waals surface area contributed by atoms with E-state index in [4.69, 9.17) is 18.0 Å². The van der Waals surface area contributed by atoms with Crippen LogP contribution >= 0.6 is 23.4 Å². The summed E-state index contributed by atoms with van der Waals surface area (Å²) >= 11 is 7.43. The van der Waals surface area contributed by atoms with Crippen LogP contribution in [0.5, 0.6) is 0 Å². The van der Waals surface area contributed by atoms with Gasteiger partial charge in [0.2, 0.25) is 12.1 Å². The van der Waals surface area contributed by atoms with Gasteiger partial charge in [-0.1, -0.05) is 17.5 Å². The summed E-state index contributed by atoms with van der Waals surface area (Å²) in [5.74, 6) is 2.73. The Labute approximate surface area is 175 Å². The molecule has 0 unspecified atom stereocenters. The van der Waals surface area contributed by atoms with Gasteiger partial charge < -0.3 is 5.21 Å². The molecule has 0 aromatic carbocycles. The first-order valence-corrected chi connectivity index (χ1v) is 10.1. The molecule has 2 heterocycles. The number of hydrogen-bond donors (Lipinski definition) is 0. The van der Waals surface area contributed by atoms with Crippen LogP contribution < -0.4 is 9.63 Å². The lowest BCUT2D eigenvalue weighted by Gasteiger charge is -2.18. The Balaban J connectivity index is 2.00. The van der Waals surface area contributed by atoms with Gasteiger partial charge >= 0.3 is 6.18 Å². The lowest BCUT2D eigenvalue weighted by Crippen LogP contribution is -2.31. The topological polar surface area (TPSA) is 65.1 Å². The number of carbonyl (C=O) groups excluding carboxylic acids is 1. The van der Waals surface area contributed by atoms with Crippen LogP contribution in [-0.4, -0.2) is 39.9 Å². The van der Waals surface area contributed by atoms with Gasteiger partial charge in [-0.25, -0.2) is 4.68 Å². The van der Waals surface area contributed by atoms with Crippen molar-refractivity contribution in [1.82, 2.24) is 9.78 Å². The molecule has 2 rings (SSSR count). The number of terminal acetylenes is 1. The van der Waals surface area contributed by atoms with Gasteiger partial charge in [-0.2, -0.15) is 34.8 Å². The number of nitrogens with zero attached hydrogens (tertiary/aromatic N) is 4. The smallest absolute Gasteiger partial charge is 0.389 e. The van der Waals surface area contributed by atoms with Crippen molar-refractivity contribution in [3.63, 3.8) is 0 Å². The molecule has 2 aromatic rings. The third-order valence-corrected chi connectivity index (χ3v) is 5.07. The Kier molecular flexibility index (Phi) is 8.22. The van der Waals surface area contributed by atoms with Gasteiger partial charge in [0.05, 0.1) is 12.7 Å². The SMILES string of the molecule is C#CCN(C(=O)CCSCCCC(F)(F)F)c1cn(-c2ccc[n+]([O-])c2)nc1Cl. The number of rotatable bonds is 9. The van der Waals surface area contributed by atoms with Gasteiger partial charge in [-0.3, -0.25) is 9.69 Å². The Morgan fingerprint density at radius 2 is 2.21 bits per heavy atom. The van der Waals surface area contributed by atoms with Crippen molar-refractivity contribution in [2.75, 3.05) is 23.0 Å². The van der Waals surface area contributed by atoms with Crippen LogP contribution in [0.15, 0.2) is 30.7 Å². The van der Waals surface area contributed by atoms with Gasteiger partial charge in [0.1, 0.15) is 11.4 Å². The fourth-order valence-corrected chi connectivity index (χ4v) is 3.51. The maximum absolute atomic E-state index is 12.6. The molecule has 0 saturated carbocycles. The van der Waals surface area contributed by atoms with E-state index in [2.05, 4.69) is 11.0 Å². The summed E-state index contributed by atoms with van der Waals surface area (Å²) in [6.45, 7) is -0.0423. The van der Waals surface area contributed by atoms with E-state index in [1.165, 1.54) is 46.0 Å². The van der Waals surface area contributed by atoms with Crippen molar-refractivity contribution < 1.29 is 22.7 Å².